The Bertz CT molecular complexity index is 438. The van der Waals surface area contributed by atoms with Crippen LogP contribution in [0.2, 0.25) is 0 Å². The lowest BCUT2D eigenvalue weighted by Crippen LogP contribution is -1.79. The number of fused-ring (bicyclic) bond motifs is 1. The largest absolute Gasteiger partial charge is 0.298 e. The highest BCUT2D eigenvalue weighted by atomic mass is 79.9. The molecule has 0 atom stereocenters. The first-order chi connectivity index (χ1) is 5.79. The van der Waals surface area contributed by atoms with Crippen molar-refractivity contribution in [1.82, 2.24) is 4.98 Å². The lowest BCUT2D eigenvalue weighted by molar-refractivity contribution is 0.112. The molecule has 2 aromatic heterocycles. The van der Waals surface area contributed by atoms with Gasteiger partial charge in [0.1, 0.15) is 4.83 Å². The predicted octanol–water partition coefficient (Wildman–Crippen LogP) is 2.87. The molecule has 0 saturated carbocycles. The van der Waals surface area contributed by atoms with E-state index in [2.05, 4.69) is 20.9 Å². The van der Waals surface area contributed by atoms with Gasteiger partial charge in [0.25, 0.3) is 0 Å². The summed E-state index contributed by atoms with van der Waals surface area (Å²) in [5, 5.41) is 1.01. The molecule has 0 aromatic carbocycles. The van der Waals surface area contributed by atoms with Crippen LogP contribution in [0.4, 0.5) is 0 Å². The first-order valence-electron chi connectivity index (χ1n) is 3.30. The molecule has 0 saturated heterocycles. The van der Waals surface area contributed by atoms with Gasteiger partial charge in [-0.25, -0.2) is 4.98 Å². The van der Waals surface area contributed by atoms with E-state index >= 15 is 0 Å². The highest BCUT2D eigenvalue weighted by molar-refractivity contribution is 9.11. The molecule has 0 aliphatic carbocycles. The van der Waals surface area contributed by atoms with Crippen molar-refractivity contribution in [2.45, 2.75) is 0 Å². The number of hydrogen-bond donors (Lipinski definition) is 0. The first kappa shape index (κ1) is 7.89. The molecule has 12 heavy (non-hydrogen) atoms. The summed E-state index contributed by atoms with van der Waals surface area (Å²) in [5.41, 5.74) is 0.618. The molecule has 4 heteroatoms. The van der Waals surface area contributed by atoms with E-state index in [9.17, 15) is 4.79 Å². The van der Waals surface area contributed by atoms with Gasteiger partial charge in [0.15, 0.2) is 6.29 Å². The van der Waals surface area contributed by atoms with Crippen LogP contribution < -0.4 is 0 Å². The number of pyridine rings is 1. The zero-order valence-electron chi connectivity index (χ0n) is 5.95. The lowest BCUT2D eigenvalue weighted by atomic mass is 10.2. The average molecular weight is 242 g/mol. The maximum atomic E-state index is 10.4. The number of thiophene rings is 1. The van der Waals surface area contributed by atoms with Crippen LogP contribution in [-0.4, -0.2) is 11.3 Å². The average Bonchev–Trinajstić information content (AvgIpc) is 2.43. The topological polar surface area (TPSA) is 30.0 Å². The number of carbonyl (C=O) groups excluding carboxylic acids is 1. The number of halogens is 1. The van der Waals surface area contributed by atoms with E-state index in [-0.39, 0.29) is 0 Å². The Labute approximate surface area is 81.4 Å². The second-order valence-electron chi connectivity index (χ2n) is 2.33. The summed E-state index contributed by atoms with van der Waals surface area (Å²) in [6.07, 6.45) is 2.39. The van der Waals surface area contributed by atoms with Crippen molar-refractivity contribution in [3.63, 3.8) is 0 Å². The minimum Gasteiger partial charge on any atom is -0.298 e. The second-order valence-corrected chi connectivity index (χ2v) is 4.74. The maximum Gasteiger partial charge on any atom is 0.151 e. The molecule has 0 radical (unpaired) electrons. The third-order valence-electron chi connectivity index (χ3n) is 1.50. The molecule has 0 unspecified atom stereocenters. The molecule has 0 bridgehead atoms. The van der Waals surface area contributed by atoms with E-state index in [1.54, 1.807) is 17.5 Å². The molecule has 0 aliphatic rings. The summed E-state index contributed by atoms with van der Waals surface area (Å²) in [6, 6.07) is 3.79. The Morgan fingerprint density at radius 2 is 2.33 bits per heavy atom. The summed E-state index contributed by atoms with van der Waals surface area (Å²) < 4.78 is 1.04. The molecule has 0 N–H and O–H groups in total. The highest BCUT2D eigenvalue weighted by Gasteiger charge is 2.00. The third kappa shape index (κ3) is 1.28. The Hall–Kier alpha value is -0.740. The smallest absolute Gasteiger partial charge is 0.151 e. The van der Waals surface area contributed by atoms with Crippen molar-refractivity contribution in [3.05, 3.63) is 27.7 Å². The summed E-state index contributed by atoms with van der Waals surface area (Å²) in [7, 11) is 0. The van der Waals surface area contributed by atoms with Crippen LogP contribution in [0.15, 0.2) is 22.1 Å². The van der Waals surface area contributed by atoms with E-state index in [0.29, 0.717) is 5.56 Å². The fourth-order valence-electron chi connectivity index (χ4n) is 0.983. The Morgan fingerprint density at radius 3 is 3.08 bits per heavy atom. The van der Waals surface area contributed by atoms with Crippen molar-refractivity contribution in [3.8, 4) is 0 Å². The van der Waals surface area contributed by atoms with Gasteiger partial charge < -0.3 is 0 Å². The molecular formula is C8H4BrNOS. The Balaban J connectivity index is 2.74. The van der Waals surface area contributed by atoms with E-state index < -0.39 is 0 Å². The minimum atomic E-state index is 0.618. The number of nitrogens with zero attached hydrogens (tertiary/aromatic N) is 1. The summed E-state index contributed by atoms with van der Waals surface area (Å²) in [5.74, 6) is 0. The van der Waals surface area contributed by atoms with Gasteiger partial charge in [0.2, 0.25) is 0 Å². The van der Waals surface area contributed by atoms with Crippen LogP contribution >= 0.6 is 27.3 Å². The SMILES string of the molecule is O=Cc1cnc2sc(Br)cc2c1. The van der Waals surface area contributed by atoms with Crippen LogP contribution in [-0.2, 0) is 0 Å². The number of aromatic nitrogens is 1. The van der Waals surface area contributed by atoms with Gasteiger partial charge >= 0.3 is 0 Å². The number of rotatable bonds is 1. The van der Waals surface area contributed by atoms with Gasteiger partial charge in [-0.15, -0.1) is 11.3 Å². The number of aldehydes is 1. The molecule has 0 fully saturated rings. The fraction of sp³-hybridized carbons (Fsp3) is 0. The molecule has 2 nitrogen and oxygen atoms in total. The van der Waals surface area contributed by atoms with Gasteiger partial charge in [-0.05, 0) is 28.1 Å². The maximum absolute atomic E-state index is 10.4. The third-order valence-corrected chi connectivity index (χ3v) is 3.06. The molecular weight excluding hydrogens is 238 g/mol. The Morgan fingerprint density at radius 1 is 1.50 bits per heavy atom. The molecule has 0 amide bonds. The van der Waals surface area contributed by atoms with Crippen molar-refractivity contribution in [2.75, 3.05) is 0 Å². The molecule has 0 aliphatic heterocycles. The van der Waals surface area contributed by atoms with E-state index in [0.717, 1.165) is 20.3 Å². The Kier molecular flexibility index (Phi) is 1.94. The van der Waals surface area contributed by atoms with Gasteiger partial charge in [-0.3, -0.25) is 4.79 Å². The summed E-state index contributed by atoms with van der Waals surface area (Å²) in [6.45, 7) is 0. The van der Waals surface area contributed by atoms with E-state index in [4.69, 9.17) is 0 Å². The summed E-state index contributed by atoms with van der Waals surface area (Å²) in [4.78, 5) is 15.5. The monoisotopic (exact) mass is 241 g/mol. The van der Waals surface area contributed by atoms with Crippen LogP contribution in [0.3, 0.4) is 0 Å². The van der Waals surface area contributed by atoms with Crippen LogP contribution in [0.1, 0.15) is 10.4 Å². The molecule has 0 spiro atoms. The molecule has 60 valence electrons. The van der Waals surface area contributed by atoms with Gasteiger partial charge in [-0.2, -0.15) is 0 Å². The zero-order valence-corrected chi connectivity index (χ0v) is 8.35. The fourth-order valence-corrected chi connectivity index (χ4v) is 2.40. The van der Waals surface area contributed by atoms with Crippen LogP contribution in [0.25, 0.3) is 10.2 Å². The second kappa shape index (κ2) is 2.95. The molecule has 2 rings (SSSR count). The first-order valence-corrected chi connectivity index (χ1v) is 4.91. The van der Waals surface area contributed by atoms with E-state index in [1.165, 1.54) is 0 Å². The van der Waals surface area contributed by atoms with Crippen molar-refractivity contribution < 1.29 is 4.79 Å². The molecule has 2 heterocycles. The van der Waals surface area contributed by atoms with Crippen LogP contribution in [0, 0.1) is 0 Å². The standard InChI is InChI=1S/C8H4BrNOS/c9-7-2-6-1-5(4-11)3-10-8(6)12-7/h1-4H. The summed E-state index contributed by atoms with van der Waals surface area (Å²) >= 11 is 4.92. The van der Waals surface area contributed by atoms with Crippen molar-refractivity contribution in [1.29, 1.82) is 0 Å². The number of carbonyl (C=O) groups is 1. The van der Waals surface area contributed by atoms with Gasteiger partial charge in [-0.1, -0.05) is 0 Å². The quantitative estimate of drug-likeness (QED) is 0.719. The van der Waals surface area contributed by atoms with Gasteiger partial charge in [0.05, 0.1) is 3.79 Å². The minimum absolute atomic E-state index is 0.618. The molecule has 2 aromatic rings. The lowest BCUT2D eigenvalue weighted by Gasteiger charge is -1.88. The highest BCUT2D eigenvalue weighted by Crippen LogP contribution is 2.27. The van der Waals surface area contributed by atoms with Gasteiger partial charge in [0, 0.05) is 17.1 Å². The van der Waals surface area contributed by atoms with Crippen molar-refractivity contribution >= 4 is 43.8 Å². The zero-order chi connectivity index (χ0) is 8.55. The van der Waals surface area contributed by atoms with Crippen LogP contribution in [0.5, 0.6) is 0 Å². The normalized spacial score (nSPS) is 10.4. The predicted molar refractivity (Wildman–Crippen MR) is 52.7 cm³/mol. The number of hydrogen-bond acceptors (Lipinski definition) is 3. The van der Waals surface area contributed by atoms with Crippen molar-refractivity contribution in [2.24, 2.45) is 0 Å². The van der Waals surface area contributed by atoms with E-state index in [1.807, 2.05) is 12.1 Å².